The molecular formula is C32H58N2O8. The number of carbonyl (C=O) groups is 4. The minimum absolute atomic E-state index is 0.178. The van der Waals surface area contributed by atoms with Crippen molar-refractivity contribution in [2.24, 2.45) is 0 Å². The van der Waals surface area contributed by atoms with Gasteiger partial charge in [0.05, 0.1) is 13.2 Å². The normalized spacial score (nSPS) is 11.7. The van der Waals surface area contributed by atoms with E-state index in [4.69, 9.17) is 18.9 Å². The van der Waals surface area contributed by atoms with Crippen LogP contribution >= 0.6 is 0 Å². The minimum Gasteiger partial charge on any atom is -0.464 e. The van der Waals surface area contributed by atoms with Gasteiger partial charge in [-0.05, 0) is 80.1 Å². The van der Waals surface area contributed by atoms with Crippen LogP contribution < -0.4 is 10.6 Å². The lowest BCUT2D eigenvalue weighted by molar-refractivity contribution is -0.143. The molecule has 0 fully saturated rings. The number of nitrogens with one attached hydrogen (secondary N) is 2. The average molecular weight is 599 g/mol. The summed E-state index contributed by atoms with van der Waals surface area (Å²) in [5.41, 5.74) is -1.19. The Kier molecular flexibility index (Phi) is 22.2. The van der Waals surface area contributed by atoms with E-state index in [1.807, 2.05) is 0 Å². The van der Waals surface area contributed by atoms with Crippen molar-refractivity contribution in [3.63, 3.8) is 0 Å². The molecule has 10 nitrogen and oxygen atoms in total. The molecule has 0 saturated carbocycles. The zero-order valence-corrected chi connectivity index (χ0v) is 27.1. The number of ether oxygens (including phenoxy) is 4. The highest BCUT2D eigenvalue weighted by atomic mass is 16.6. The van der Waals surface area contributed by atoms with E-state index in [1.165, 1.54) is 38.5 Å². The van der Waals surface area contributed by atoms with Crippen LogP contribution in [0.3, 0.4) is 0 Å². The average Bonchev–Trinajstić information content (AvgIpc) is 2.87. The lowest BCUT2D eigenvalue weighted by Crippen LogP contribution is -2.36. The molecule has 2 amide bonds. The van der Waals surface area contributed by atoms with E-state index in [1.54, 1.807) is 41.5 Å². The highest BCUT2D eigenvalue weighted by Crippen LogP contribution is 2.11. The third-order valence-corrected chi connectivity index (χ3v) is 5.77. The topological polar surface area (TPSA) is 129 Å². The van der Waals surface area contributed by atoms with Gasteiger partial charge in [0.25, 0.3) is 0 Å². The summed E-state index contributed by atoms with van der Waals surface area (Å²) in [7, 11) is 0. The summed E-state index contributed by atoms with van der Waals surface area (Å²) in [5, 5.41) is 4.79. The first-order valence-corrected chi connectivity index (χ1v) is 15.7. The predicted molar refractivity (Wildman–Crippen MR) is 164 cm³/mol. The summed E-state index contributed by atoms with van der Waals surface area (Å²) < 4.78 is 20.4. The van der Waals surface area contributed by atoms with Crippen molar-refractivity contribution >= 4 is 24.1 Å². The zero-order chi connectivity index (χ0) is 31.7. The number of unbranched alkanes of at least 4 members (excludes halogenated alkanes) is 12. The standard InChI is InChI=1S/C32H58N2O8/c1-31(2,3)41-29(37)33-25-27(35)39-23-21-19-17-15-13-11-9-7-8-10-12-14-16-18-20-22-24-40-28(36)26-34-30(38)42-32(4,5)6/h7-8H,9-26H2,1-6H3,(H,33,37)(H,34,38)/b8-7+. The van der Waals surface area contributed by atoms with Gasteiger partial charge in [-0.1, -0.05) is 63.5 Å². The van der Waals surface area contributed by atoms with E-state index in [2.05, 4.69) is 22.8 Å². The van der Waals surface area contributed by atoms with Crippen molar-refractivity contribution in [1.82, 2.24) is 10.6 Å². The molecule has 0 aromatic rings. The van der Waals surface area contributed by atoms with Crippen LogP contribution in [0.2, 0.25) is 0 Å². The van der Waals surface area contributed by atoms with E-state index in [-0.39, 0.29) is 13.1 Å². The second-order valence-corrected chi connectivity index (χ2v) is 12.4. The molecule has 0 unspecified atom stereocenters. The molecule has 0 atom stereocenters. The first kappa shape index (κ1) is 39.2. The summed E-state index contributed by atoms with van der Waals surface area (Å²) in [6, 6.07) is 0. The Morgan fingerprint density at radius 2 is 0.810 bits per heavy atom. The molecule has 42 heavy (non-hydrogen) atoms. The third-order valence-electron chi connectivity index (χ3n) is 5.77. The molecule has 244 valence electrons. The smallest absolute Gasteiger partial charge is 0.408 e. The first-order valence-electron chi connectivity index (χ1n) is 15.7. The van der Waals surface area contributed by atoms with Gasteiger partial charge in [0, 0.05) is 0 Å². The Labute approximate surface area is 254 Å². The molecule has 0 aliphatic rings. The van der Waals surface area contributed by atoms with Gasteiger partial charge in [0.2, 0.25) is 0 Å². The van der Waals surface area contributed by atoms with E-state index in [0.29, 0.717) is 13.2 Å². The number of alkyl carbamates (subject to hydrolysis) is 2. The van der Waals surface area contributed by atoms with Gasteiger partial charge in [-0.3, -0.25) is 9.59 Å². The summed E-state index contributed by atoms with van der Waals surface area (Å²) >= 11 is 0. The number of amides is 2. The lowest BCUT2D eigenvalue weighted by Gasteiger charge is -2.19. The monoisotopic (exact) mass is 598 g/mol. The van der Waals surface area contributed by atoms with E-state index in [0.717, 1.165) is 51.4 Å². The van der Waals surface area contributed by atoms with Crippen LogP contribution in [-0.2, 0) is 28.5 Å². The Morgan fingerprint density at radius 3 is 1.14 bits per heavy atom. The van der Waals surface area contributed by atoms with Crippen LogP contribution in [0.15, 0.2) is 12.2 Å². The van der Waals surface area contributed by atoms with Gasteiger partial charge in [-0.2, -0.15) is 0 Å². The van der Waals surface area contributed by atoms with Crippen LogP contribution in [0.4, 0.5) is 9.59 Å². The fourth-order valence-electron chi connectivity index (χ4n) is 3.77. The van der Waals surface area contributed by atoms with E-state index in [9.17, 15) is 19.2 Å². The molecule has 0 heterocycles. The maximum absolute atomic E-state index is 11.6. The summed E-state index contributed by atoms with van der Waals surface area (Å²) in [6.45, 7) is 11.0. The second kappa shape index (κ2) is 23.7. The fraction of sp³-hybridized carbons (Fsp3) is 0.812. The number of hydrogen-bond donors (Lipinski definition) is 2. The highest BCUT2D eigenvalue weighted by Gasteiger charge is 2.17. The molecule has 0 bridgehead atoms. The van der Waals surface area contributed by atoms with Crippen molar-refractivity contribution in [3.05, 3.63) is 12.2 Å². The number of hydrogen-bond acceptors (Lipinski definition) is 8. The molecule has 0 aliphatic carbocycles. The molecule has 0 aliphatic heterocycles. The summed E-state index contributed by atoms with van der Waals surface area (Å²) in [5.74, 6) is -0.896. The van der Waals surface area contributed by atoms with Gasteiger partial charge >= 0.3 is 24.1 Å². The fourth-order valence-corrected chi connectivity index (χ4v) is 3.77. The predicted octanol–water partition coefficient (Wildman–Crippen LogP) is 7.14. The molecule has 0 saturated heterocycles. The molecule has 0 rings (SSSR count). The molecule has 0 aromatic carbocycles. The van der Waals surface area contributed by atoms with Crippen molar-refractivity contribution in [2.45, 2.75) is 143 Å². The van der Waals surface area contributed by atoms with Crippen molar-refractivity contribution in [2.75, 3.05) is 26.3 Å². The van der Waals surface area contributed by atoms with Gasteiger partial charge < -0.3 is 29.6 Å². The Balaban J connectivity index is 3.40. The highest BCUT2D eigenvalue weighted by molar-refractivity contribution is 5.78. The molecule has 10 heteroatoms. The number of allylic oxidation sites excluding steroid dienone is 2. The Hall–Kier alpha value is -2.78. The Bertz CT molecular complexity index is 720. The van der Waals surface area contributed by atoms with Crippen LogP contribution in [0.5, 0.6) is 0 Å². The largest absolute Gasteiger partial charge is 0.464 e. The molecule has 0 spiro atoms. The van der Waals surface area contributed by atoms with Crippen molar-refractivity contribution in [3.8, 4) is 0 Å². The minimum atomic E-state index is -0.620. The molecule has 0 aromatic heterocycles. The lowest BCUT2D eigenvalue weighted by atomic mass is 10.1. The maximum Gasteiger partial charge on any atom is 0.408 e. The van der Waals surface area contributed by atoms with Gasteiger partial charge in [0.1, 0.15) is 24.3 Å². The maximum atomic E-state index is 11.6. The number of esters is 2. The third kappa shape index (κ3) is 30.2. The van der Waals surface area contributed by atoms with Crippen molar-refractivity contribution in [1.29, 1.82) is 0 Å². The zero-order valence-electron chi connectivity index (χ0n) is 27.1. The second-order valence-electron chi connectivity index (χ2n) is 12.4. The Morgan fingerprint density at radius 1 is 0.500 bits per heavy atom. The molecule has 0 radical (unpaired) electrons. The summed E-state index contributed by atoms with van der Waals surface area (Å²) in [4.78, 5) is 46.3. The van der Waals surface area contributed by atoms with Crippen LogP contribution in [0.1, 0.15) is 131 Å². The quantitative estimate of drug-likeness (QED) is 0.0582. The van der Waals surface area contributed by atoms with Crippen LogP contribution in [0, 0.1) is 0 Å². The SMILES string of the molecule is CC(C)(C)OC(=O)NCC(=O)OCCCCCCCC/C=C/CCCCCCCCOC(=O)CNC(=O)OC(C)(C)C. The van der Waals surface area contributed by atoms with Crippen LogP contribution in [-0.4, -0.2) is 61.6 Å². The van der Waals surface area contributed by atoms with Crippen molar-refractivity contribution < 1.29 is 38.1 Å². The van der Waals surface area contributed by atoms with Crippen LogP contribution in [0.25, 0.3) is 0 Å². The van der Waals surface area contributed by atoms with Gasteiger partial charge in [-0.25, -0.2) is 9.59 Å². The van der Waals surface area contributed by atoms with E-state index >= 15 is 0 Å². The molecular weight excluding hydrogens is 540 g/mol. The first-order chi connectivity index (χ1) is 19.8. The molecule has 2 N–H and O–H groups in total. The summed E-state index contributed by atoms with van der Waals surface area (Å²) in [6.07, 6.45) is 18.7. The number of rotatable bonds is 22. The van der Waals surface area contributed by atoms with Gasteiger partial charge in [0.15, 0.2) is 0 Å². The van der Waals surface area contributed by atoms with Gasteiger partial charge in [-0.15, -0.1) is 0 Å². The number of carbonyl (C=O) groups excluding carboxylic acids is 4. The van der Waals surface area contributed by atoms with E-state index < -0.39 is 35.3 Å².